The normalized spacial score (nSPS) is 15.2. The van der Waals surface area contributed by atoms with Gasteiger partial charge in [0, 0.05) is 0 Å². The summed E-state index contributed by atoms with van der Waals surface area (Å²) >= 11 is 0. The molecule has 3 atom stereocenters. The summed E-state index contributed by atoms with van der Waals surface area (Å²) in [6.45, 7) is 12.7. The molecule has 0 radical (unpaired) electrons. The summed E-state index contributed by atoms with van der Waals surface area (Å²) in [5, 5.41) is 5.72. The molecule has 14 heteroatoms. The molecule has 4 N–H and O–H groups in total. The number of unbranched alkanes of at least 4 members (excludes halogenated alkanes) is 3. The van der Waals surface area contributed by atoms with E-state index in [9.17, 15) is 14.2 Å². The van der Waals surface area contributed by atoms with Crippen molar-refractivity contribution >= 4 is 36.4 Å². The van der Waals surface area contributed by atoms with Crippen molar-refractivity contribution in [2.45, 2.75) is 104 Å². The number of esters is 2. The van der Waals surface area contributed by atoms with Crippen LogP contribution in [0.25, 0.3) is 11.2 Å². The highest BCUT2D eigenvalue weighted by atomic mass is 31.2. The van der Waals surface area contributed by atoms with Crippen molar-refractivity contribution in [3.63, 3.8) is 0 Å². The standard InChI is InChI=1S/C25H44N7O6P/c1-8-9-10-11-12-36-23(33)19(5)30-39(35,31-25(6,7)24(34)38-17(2)3)16-37-18(4)13-32-15-29-20-21(26)27-14-28-22(20)32/h14-15,17-19H,8-13,16H2,1-7H3,(H2,26,27,28)(H2,30,31,35)/t18-,19-,39-/m1/s1. The van der Waals surface area contributed by atoms with E-state index in [2.05, 4.69) is 32.1 Å². The molecule has 39 heavy (non-hydrogen) atoms. The summed E-state index contributed by atoms with van der Waals surface area (Å²) in [5.41, 5.74) is 5.55. The van der Waals surface area contributed by atoms with Crippen LogP contribution in [-0.2, 0) is 34.9 Å². The van der Waals surface area contributed by atoms with Crippen molar-refractivity contribution in [3.8, 4) is 0 Å². The second kappa shape index (κ2) is 14.7. The zero-order valence-electron chi connectivity index (χ0n) is 24.1. The number of imidazole rings is 1. The molecule has 2 aromatic rings. The monoisotopic (exact) mass is 569 g/mol. The minimum absolute atomic E-state index is 0.270. The molecule has 2 rings (SSSR count). The number of hydrogen-bond donors (Lipinski definition) is 3. The maximum absolute atomic E-state index is 14.1. The van der Waals surface area contributed by atoms with Gasteiger partial charge in [-0.25, -0.2) is 25.1 Å². The molecule has 0 amide bonds. The van der Waals surface area contributed by atoms with Crippen LogP contribution in [0.3, 0.4) is 0 Å². The molecule has 0 aromatic carbocycles. The Morgan fingerprint density at radius 3 is 2.51 bits per heavy atom. The average Bonchev–Trinajstić information content (AvgIpc) is 3.25. The Kier molecular flexibility index (Phi) is 12.3. The first-order chi connectivity index (χ1) is 18.3. The Bertz CT molecular complexity index is 1140. The number of aromatic nitrogens is 4. The average molecular weight is 570 g/mol. The van der Waals surface area contributed by atoms with E-state index < -0.39 is 37.1 Å². The van der Waals surface area contributed by atoms with Crippen molar-refractivity contribution < 1.29 is 28.4 Å². The van der Waals surface area contributed by atoms with Gasteiger partial charge in [0.15, 0.2) is 11.5 Å². The van der Waals surface area contributed by atoms with E-state index in [0.717, 1.165) is 25.7 Å². The molecule has 13 nitrogen and oxygen atoms in total. The largest absolute Gasteiger partial charge is 0.465 e. The summed E-state index contributed by atoms with van der Waals surface area (Å²) < 4.78 is 32.5. The van der Waals surface area contributed by atoms with Gasteiger partial charge in [0.1, 0.15) is 29.8 Å². The molecule has 0 aliphatic carbocycles. The van der Waals surface area contributed by atoms with Gasteiger partial charge in [0.05, 0.1) is 31.7 Å². The van der Waals surface area contributed by atoms with Crippen LogP contribution < -0.4 is 15.9 Å². The zero-order chi connectivity index (χ0) is 29.2. The Balaban J connectivity index is 2.12. The number of anilines is 1. The molecule has 0 spiro atoms. The number of nitrogens with one attached hydrogen (secondary N) is 2. The molecule has 2 heterocycles. The third-order valence-corrected chi connectivity index (χ3v) is 7.97. The molecule has 0 bridgehead atoms. The number of nitrogen functional groups attached to an aromatic ring is 1. The predicted molar refractivity (Wildman–Crippen MR) is 149 cm³/mol. The second-order valence-electron chi connectivity index (χ2n) is 10.4. The molecule has 0 fully saturated rings. The van der Waals surface area contributed by atoms with Gasteiger partial charge in [-0.3, -0.25) is 14.2 Å². The molecular formula is C25H44N7O6P. The lowest BCUT2D eigenvalue weighted by atomic mass is 10.1. The van der Waals surface area contributed by atoms with Gasteiger partial charge in [-0.15, -0.1) is 0 Å². The number of carbonyl (C=O) groups excluding carboxylic acids is 2. The highest BCUT2D eigenvalue weighted by Gasteiger charge is 2.39. The SMILES string of the molecule is CCCCCCOC(=O)[C@@H](C)N[P@](=O)(CO[C@H](C)Cn1cnc2c(N)ncnc21)NC(C)(C)C(=O)OC(C)C. The Hall–Kier alpha value is -2.60. The van der Waals surface area contributed by atoms with Gasteiger partial charge in [-0.2, -0.15) is 0 Å². The van der Waals surface area contributed by atoms with Gasteiger partial charge in [0.25, 0.3) is 0 Å². The third-order valence-electron chi connectivity index (χ3n) is 5.74. The number of rotatable bonds is 17. The lowest BCUT2D eigenvalue weighted by molar-refractivity contribution is -0.153. The van der Waals surface area contributed by atoms with Crippen LogP contribution in [0.2, 0.25) is 0 Å². The van der Waals surface area contributed by atoms with E-state index in [0.29, 0.717) is 17.7 Å². The topological polar surface area (TPSA) is 173 Å². The molecule has 220 valence electrons. The molecule has 0 aliphatic heterocycles. The Morgan fingerprint density at radius 1 is 1.13 bits per heavy atom. The first-order valence-corrected chi connectivity index (χ1v) is 15.2. The van der Waals surface area contributed by atoms with Gasteiger partial charge >= 0.3 is 11.9 Å². The second-order valence-corrected chi connectivity index (χ2v) is 12.7. The number of nitrogens with zero attached hydrogens (tertiary/aromatic N) is 4. The fraction of sp³-hybridized carbons (Fsp3) is 0.720. The summed E-state index contributed by atoms with van der Waals surface area (Å²) in [4.78, 5) is 37.7. The summed E-state index contributed by atoms with van der Waals surface area (Å²) in [6.07, 6.45) is 5.69. The van der Waals surface area contributed by atoms with Crippen molar-refractivity contribution in [3.05, 3.63) is 12.7 Å². The molecule has 2 aromatic heterocycles. The molecule has 0 unspecified atom stereocenters. The van der Waals surface area contributed by atoms with Crippen LogP contribution in [0.15, 0.2) is 12.7 Å². The highest BCUT2D eigenvalue weighted by molar-refractivity contribution is 7.59. The van der Waals surface area contributed by atoms with E-state index in [-0.39, 0.29) is 24.9 Å². The third kappa shape index (κ3) is 10.1. The van der Waals surface area contributed by atoms with Crippen LogP contribution >= 0.6 is 7.44 Å². The number of fused-ring (bicyclic) bond motifs is 1. The van der Waals surface area contributed by atoms with Crippen LogP contribution in [0, 0.1) is 0 Å². The Labute approximate surface area is 230 Å². The van der Waals surface area contributed by atoms with Crippen molar-refractivity contribution in [1.82, 2.24) is 29.7 Å². The van der Waals surface area contributed by atoms with Crippen LogP contribution in [-0.4, -0.2) is 68.2 Å². The van der Waals surface area contributed by atoms with Crippen molar-refractivity contribution in [2.75, 3.05) is 18.7 Å². The van der Waals surface area contributed by atoms with Crippen LogP contribution in [0.5, 0.6) is 0 Å². The number of hydrogen-bond acceptors (Lipinski definition) is 10. The summed E-state index contributed by atoms with van der Waals surface area (Å²) in [5.74, 6) is -0.848. The van der Waals surface area contributed by atoms with E-state index in [4.69, 9.17) is 19.9 Å². The van der Waals surface area contributed by atoms with E-state index in [1.165, 1.54) is 6.33 Å². The molecule has 0 aliphatic rings. The highest BCUT2D eigenvalue weighted by Crippen LogP contribution is 2.40. The smallest absolute Gasteiger partial charge is 0.326 e. The van der Waals surface area contributed by atoms with Gasteiger partial charge in [-0.1, -0.05) is 26.2 Å². The first kappa shape index (κ1) is 32.6. The van der Waals surface area contributed by atoms with Crippen LogP contribution in [0.4, 0.5) is 5.82 Å². The van der Waals surface area contributed by atoms with Gasteiger partial charge in [0.2, 0.25) is 7.44 Å². The maximum Gasteiger partial charge on any atom is 0.326 e. The van der Waals surface area contributed by atoms with Crippen molar-refractivity contribution in [2.24, 2.45) is 0 Å². The molecule has 0 saturated carbocycles. The number of nitrogens with two attached hydrogens (primary N) is 1. The summed E-state index contributed by atoms with van der Waals surface area (Å²) in [7, 11) is -3.69. The molecule has 0 saturated heterocycles. The fourth-order valence-electron chi connectivity index (χ4n) is 3.75. The van der Waals surface area contributed by atoms with Crippen LogP contribution in [0.1, 0.15) is 74.1 Å². The van der Waals surface area contributed by atoms with Gasteiger partial charge < -0.3 is 24.5 Å². The summed E-state index contributed by atoms with van der Waals surface area (Å²) in [6, 6.07) is -0.914. The lowest BCUT2D eigenvalue weighted by Gasteiger charge is -2.32. The quantitative estimate of drug-likeness (QED) is 0.144. The number of carbonyl (C=O) groups is 2. The maximum atomic E-state index is 14.1. The molecular weight excluding hydrogens is 525 g/mol. The predicted octanol–water partition coefficient (Wildman–Crippen LogP) is 3.39. The Morgan fingerprint density at radius 2 is 1.85 bits per heavy atom. The van der Waals surface area contributed by atoms with Crippen molar-refractivity contribution in [1.29, 1.82) is 0 Å². The van der Waals surface area contributed by atoms with E-state index >= 15 is 0 Å². The zero-order valence-corrected chi connectivity index (χ0v) is 25.0. The minimum atomic E-state index is -3.69. The fourth-order valence-corrected chi connectivity index (χ4v) is 6.14. The lowest BCUT2D eigenvalue weighted by Crippen LogP contribution is -2.50. The van der Waals surface area contributed by atoms with E-state index in [1.54, 1.807) is 52.4 Å². The first-order valence-electron chi connectivity index (χ1n) is 13.3. The van der Waals surface area contributed by atoms with Gasteiger partial charge in [-0.05, 0) is 48.0 Å². The number of ether oxygens (including phenoxy) is 3. The van der Waals surface area contributed by atoms with E-state index in [1.807, 2.05) is 0 Å². The minimum Gasteiger partial charge on any atom is -0.465 e.